The topological polar surface area (TPSA) is 66.0 Å². The van der Waals surface area contributed by atoms with Gasteiger partial charge in [-0.05, 0) is 18.1 Å². The maximum absolute atomic E-state index is 12.6. The summed E-state index contributed by atoms with van der Waals surface area (Å²) in [6, 6.07) is 16.0. The number of hydrogen-bond donors (Lipinski definition) is 2. The third-order valence-corrected chi connectivity index (χ3v) is 5.23. The number of benzene rings is 2. The Morgan fingerprint density at radius 2 is 1.84 bits per heavy atom. The monoisotopic (exact) mass is 448 g/mol. The summed E-state index contributed by atoms with van der Waals surface area (Å²) in [5.41, 5.74) is 1.55. The number of nitrogens with zero attached hydrogens (tertiary/aromatic N) is 2. The Kier molecular flexibility index (Phi) is 7.97. The zero-order chi connectivity index (χ0) is 23.0. The van der Waals surface area contributed by atoms with Gasteiger partial charge in [-0.15, -0.1) is 13.2 Å². The van der Waals surface area contributed by atoms with Gasteiger partial charge in [-0.2, -0.15) is 0 Å². The number of aliphatic imine (C=N–C) groups is 1. The van der Waals surface area contributed by atoms with E-state index in [1.165, 1.54) is 17.7 Å². The molecule has 1 aliphatic rings. The third-order valence-electron chi connectivity index (χ3n) is 5.23. The number of rotatable bonds is 8. The van der Waals surface area contributed by atoms with Crippen LogP contribution < -0.4 is 15.4 Å². The van der Waals surface area contributed by atoms with E-state index >= 15 is 0 Å². The van der Waals surface area contributed by atoms with Gasteiger partial charge in [0.25, 0.3) is 0 Å². The quantitative estimate of drug-likeness (QED) is 0.480. The molecule has 172 valence electrons. The van der Waals surface area contributed by atoms with Crippen molar-refractivity contribution in [2.24, 2.45) is 10.9 Å². The van der Waals surface area contributed by atoms with E-state index in [1.54, 1.807) is 19.2 Å². The summed E-state index contributed by atoms with van der Waals surface area (Å²) in [5, 5.41) is 6.16. The maximum atomic E-state index is 12.6. The van der Waals surface area contributed by atoms with Crippen LogP contribution in [-0.2, 0) is 17.8 Å². The lowest BCUT2D eigenvalue weighted by atomic mass is 10.1. The van der Waals surface area contributed by atoms with Crippen molar-refractivity contribution in [3.05, 3.63) is 65.7 Å². The van der Waals surface area contributed by atoms with Crippen LogP contribution in [0.3, 0.4) is 0 Å². The lowest BCUT2D eigenvalue weighted by molar-refractivity contribution is -0.274. The van der Waals surface area contributed by atoms with Gasteiger partial charge in [0.2, 0.25) is 5.91 Å². The van der Waals surface area contributed by atoms with Crippen LogP contribution >= 0.6 is 0 Å². The summed E-state index contributed by atoms with van der Waals surface area (Å²) in [7, 11) is 1.58. The van der Waals surface area contributed by atoms with E-state index < -0.39 is 6.36 Å². The Morgan fingerprint density at radius 3 is 2.56 bits per heavy atom. The molecule has 0 bridgehead atoms. The first-order chi connectivity index (χ1) is 15.3. The molecule has 1 aliphatic heterocycles. The second-order valence-electron chi connectivity index (χ2n) is 7.61. The highest BCUT2D eigenvalue weighted by atomic mass is 19.4. The molecule has 0 aromatic heterocycles. The fraction of sp³-hybridized carbons (Fsp3) is 0.391. The van der Waals surface area contributed by atoms with Crippen molar-refractivity contribution in [3.63, 3.8) is 0 Å². The standard InChI is InChI=1S/C23H27F3N4O2/c1-27-22(29-15-19-9-5-6-10-20(19)32-23(24,25)26)28-14-18-13-21(31)30(16-18)12-11-17-7-3-2-4-8-17/h2-10,18H,11-16H2,1H3,(H2,27,28,29). The van der Waals surface area contributed by atoms with Crippen LogP contribution in [-0.4, -0.2) is 49.8 Å². The smallest absolute Gasteiger partial charge is 0.405 e. The highest BCUT2D eigenvalue weighted by Gasteiger charge is 2.32. The van der Waals surface area contributed by atoms with E-state index in [0.717, 1.165) is 6.42 Å². The number of halogens is 3. The van der Waals surface area contributed by atoms with Crippen molar-refractivity contribution in [1.29, 1.82) is 0 Å². The molecule has 32 heavy (non-hydrogen) atoms. The number of carbonyl (C=O) groups is 1. The fourth-order valence-electron chi connectivity index (χ4n) is 3.63. The van der Waals surface area contributed by atoms with Crippen molar-refractivity contribution in [2.45, 2.75) is 25.7 Å². The predicted octanol–water partition coefficient (Wildman–Crippen LogP) is 3.34. The molecule has 0 spiro atoms. The molecule has 1 fully saturated rings. The Balaban J connectivity index is 1.45. The number of guanidine groups is 1. The first kappa shape index (κ1) is 23.4. The van der Waals surface area contributed by atoms with E-state index in [1.807, 2.05) is 35.2 Å². The SMILES string of the molecule is CN=C(NCc1ccccc1OC(F)(F)F)NCC1CC(=O)N(CCc2ccccc2)C1. The van der Waals surface area contributed by atoms with Crippen molar-refractivity contribution in [3.8, 4) is 5.75 Å². The molecule has 1 amide bonds. The molecule has 2 aromatic carbocycles. The van der Waals surface area contributed by atoms with Gasteiger partial charge >= 0.3 is 6.36 Å². The summed E-state index contributed by atoms with van der Waals surface area (Å²) < 4.78 is 41.8. The average molecular weight is 448 g/mol. The zero-order valence-corrected chi connectivity index (χ0v) is 17.9. The molecule has 0 saturated carbocycles. The number of amides is 1. The molecule has 0 aliphatic carbocycles. The molecule has 1 atom stereocenters. The third kappa shape index (κ3) is 7.18. The maximum Gasteiger partial charge on any atom is 0.573 e. The molecule has 9 heteroatoms. The van der Waals surface area contributed by atoms with Crippen LogP contribution in [0, 0.1) is 5.92 Å². The number of para-hydroxylation sites is 1. The van der Waals surface area contributed by atoms with Gasteiger partial charge in [0.05, 0.1) is 0 Å². The Morgan fingerprint density at radius 1 is 1.12 bits per heavy atom. The van der Waals surface area contributed by atoms with Crippen molar-refractivity contribution in [2.75, 3.05) is 26.7 Å². The largest absolute Gasteiger partial charge is 0.573 e. The van der Waals surface area contributed by atoms with Crippen molar-refractivity contribution >= 4 is 11.9 Å². The van der Waals surface area contributed by atoms with E-state index in [0.29, 0.717) is 37.6 Å². The van der Waals surface area contributed by atoms with Crippen LogP contribution in [0.25, 0.3) is 0 Å². The number of ether oxygens (including phenoxy) is 1. The van der Waals surface area contributed by atoms with Crippen LogP contribution in [0.4, 0.5) is 13.2 Å². The highest BCUT2D eigenvalue weighted by Crippen LogP contribution is 2.26. The molecule has 0 radical (unpaired) electrons. The molecular formula is C23H27F3N4O2. The van der Waals surface area contributed by atoms with E-state index in [2.05, 4.69) is 20.4 Å². The predicted molar refractivity (Wildman–Crippen MR) is 116 cm³/mol. The van der Waals surface area contributed by atoms with Crippen molar-refractivity contribution < 1.29 is 22.7 Å². The first-order valence-corrected chi connectivity index (χ1v) is 10.4. The number of carbonyl (C=O) groups excluding carboxylic acids is 1. The lowest BCUT2D eigenvalue weighted by Crippen LogP contribution is -2.40. The average Bonchev–Trinajstić information content (AvgIpc) is 3.12. The van der Waals surface area contributed by atoms with Crippen LogP contribution in [0.5, 0.6) is 5.75 Å². The minimum Gasteiger partial charge on any atom is -0.405 e. The van der Waals surface area contributed by atoms with Gasteiger partial charge in [-0.3, -0.25) is 9.79 Å². The Labute approximate surface area is 185 Å². The minimum absolute atomic E-state index is 0.110. The molecule has 2 aromatic rings. The van der Waals surface area contributed by atoms with Gasteiger partial charge in [0.1, 0.15) is 5.75 Å². The second kappa shape index (κ2) is 10.9. The molecule has 1 unspecified atom stereocenters. The van der Waals surface area contributed by atoms with Gasteiger partial charge in [-0.1, -0.05) is 48.5 Å². The molecule has 2 N–H and O–H groups in total. The normalized spacial score (nSPS) is 16.9. The van der Waals surface area contributed by atoms with Gasteiger partial charge in [-0.25, -0.2) is 0 Å². The zero-order valence-electron chi connectivity index (χ0n) is 17.9. The molecule has 1 heterocycles. The minimum atomic E-state index is -4.75. The highest BCUT2D eigenvalue weighted by molar-refractivity contribution is 5.81. The Bertz CT molecular complexity index is 919. The number of hydrogen-bond acceptors (Lipinski definition) is 3. The summed E-state index contributed by atoms with van der Waals surface area (Å²) in [6.45, 7) is 1.99. The van der Waals surface area contributed by atoms with Crippen LogP contribution in [0.15, 0.2) is 59.6 Å². The second-order valence-corrected chi connectivity index (χ2v) is 7.61. The fourth-order valence-corrected chi connectivity index (χ4v) is 3.63. The van der Waals surface area contributed by atoms with E-state index in [4.69, 9.17) is 0 Å². The lowest BCUT2D eigenvalue weighted by Gasteiger charge is -2.18. The van der Waals surface area contributed by atoms with Gasteiger partial charge in [0, 0.05) is 51.1 Å². The molecule has 6 nitrogen and oxygen atoms in total. The van der Waals surface area contributed by atoms with Crippen LogP contribution in [0.2, 0.25) is 0 Å². The van der Waals surface area contributed by atoms with E-state index in [9.17, 15) is 18.0 Å². The summed E-state index contributed by atoms with van der Waals surface area (Å²) in [4.78, 5) is 18.3. The Hall–Kier alpha value is -3.23. The summed E-state index contributed by atoms with van der Waals surface area (Å²) >= 11 is 0. The first-order valence-electron chi connectivity index (χ1n) is 10.4. The summed E-state index contributed by atoms with van der Waals surface area (Å²) in [5.74, 6) is 0.465. The van der Waals surface area contributed by atoms with Gasteiger partial charge in [0.15, 0.2) is 5.96 Å². The van der Waals surface area contributed by atoms with E-state index in [-0.39, 0.29) is 24.1 Å². The molecule has 1 saturated heterocycles. The summed E-state index contributed by atoms with van der Waals surface area (Å²) in [6.07, 6.45) is -3.48. The number of nitrogens with one attached hydrogen (secondary N) is 2. The van der Waals surface area contributed by atoms with Gasteiger partial charge < -0.3 is 20.3 Å². The number of likely N-dealkylation sites (tertiary alicyclic amines) is 1. The van der Waals surface area contributed by atoms with Crippen LogP contribution in [0.1, 0.15) is 17.5 Å². The molecular weight excluding hydrogens is 421 g/mol. The number of alkyl halides is 3. The van der Waals surface area contributed by atoms with Crippen molar-refractivity contribution in [1.82, 2.24) is 15.5 Å². The molecule has 3 rings (SSSR count).